The molecule has 2 rings (SSSR count). The number of nitrogens with one attached hydrogen (secondary N) is 2. The van der Waals surface area contributed by atoms with Crippen molar-refractivity contribution < 1.29 is 9.90 Å². The first-order chi connectivity index (χ1) is 8.96. The second-order valence-electron chi connectivity index (χ2n) is 5.74. The average Bonchev–Trinajstić information content (AvgIpc) is 3.12. The molecule has 0 aromatic heterocycles. The smallest absolute Gasteiger partial charge is 0.319 e. The topological polar surface area (TPSA) is 61.4 Å². The third kappa shape index (κ3) is 3.26. The van der Waals surface area contributed by atoms with Gasteiger partial charge in [-0.25, -0.2) is 4.79 Å². The largest absolute Gasteiger partial charge is 0.396 e. The van der Waals surface area contributed by atoms with Crippen molar-refractivity contribution in [2.75, 3.05) is 18.5 Å². The lowest BCUT2D eigenvalue weighted by Gasteiger charge is -2.16. The Hall–Kier alpha value is -1.55. The van der Waals surface area contributed by atoms with E-state index in [0.29, 0.717) is 6.54 Å². The molecule has 0 saturated heterocycles. The number of hydrogen-bond donors (Lipinski definition) is 3. The number of aliphatic hydroxyl groups excluding tert-OH is 1. The van der Waals surface area contributed by atoms with E-state index < -0.39 is 0 Å². The molecule has 0 radical (unpaired) electrons. The molecule has 0 heterocycles. The molecule has 0 unspecified atom stereocenters. The van der Waals surface area contributed by atoms with Crippen molar-refractivity contribution in [1.82, 2.24) is 5.32 Å². The average molecular weight is 262 g/mol. The van der Waals surface area contributed by atoms with E-state index in [1.165, 1.54) is 5.56 Å². The van der Waals surface area contributed by atoms with Crippen LogP contribution < -0.4 is 10.6 Å². The van der Waals surface area contributed by atoms with Gasteiger partial charge in [-0.3, -0.25) is 0 Å². The van der Waals surface area contributed by atoms with Crippen LogP contribution in [0.3, 0.4) is 0 Å². The molecule has 3 N–H and O–H groups in total. The molecule has 19 heavy (non-hydrogen) atoms. The minimum atomic E-state index is -0.199. The van der Waals surface area contributed by atoms with Gasteiger partial charge < -0.3 is 15.7 Å². The van der Waals surface area contributed by atoms with Crippen LogP contribution in [-0.4, -0.2) is 24.3 Å². The number of aliphatic hydroxyl groups is 1. The van der Waals surface area contributed by atoms with E-state index in [9.17, 15) is 9.90 Å². The molecular formula is C15H22N2O2. The van der Waals surface area contributed by atoms with E-state index in [1.807, 2.05) is 20.8 Å². The fourth-order valence-corrected chi connectivity index (χ4v) is 2.37. The first kappa shape index (κ1) is 13.9. The fourth-order valence-electron chi connectivity index (χ4n) is 2.37. The number of amides is 2. The van der Waals surface area contributed by atoms with Crippen molar-refractivity contribution in [1.29, 1.82) is 0 Å². The molecule has 1 aromatic rings. The maximum absolute atomic E-state index is 11.9. The second-order valence-corrected chi connectivity index (χ2v) is 5.74. The predicted molar refractivity (Wildman–Crippen MR) is 76.4 cm³/mol. The highest BCUT2D eigenvalue weighted by Gasteiger charge is 2.42. The minimum Gasteiger partial charge on any atom is -0.396 e. The van der Waals surface area contributed by atoms with Gasteiger partial charge in [0, 0.05) is 17.6 Å². The van der Waals surface area contributed by atoms with E-state index in [0.717, 1.165) is 29.7 Å². The monoisotopic (exact) mass is 262 g/mol. The summed E-state index contributed by atoms with van der Waals surface area (Å²) in [6.07, 6.45) is 1.98. The summed E-state index contributed by atoms with van der Waals surface area (Å²) in [4.78, 5) is 11.9. The fraction of sp³-hybridized carbons (Fsp3) is 0.533. The molecule has 1 aliphatic rings. The van der Waals surface area contributed by atoms with E-state index in [4.69, 9.17) is 0 Å². The second kappa shape index (κ2) is 5.21. The Kier molecular flexibility index (Phi) is 3.80. The van der Waals surface area contributed by atoms with Gasteiger partial charge in [0.1, 0.15) is 0 Å². The lowest BCUT2D eigenvalue weighted by atomic mass is 10.1. The van der Waals surface area contributed by atoms with Gasteiger partial charge in [0.15, 0.2) is 0 Å². The first-order valence-corrected chi connectivity index (χ1v) is 6.69. The maximum atomic E-state index is 11.9. The molecule has 0 atom stereocenters. The number of rotatable bonds is 4. The number of carbonyl (C=O) groups is 1. The third-order valence-electron chi connectivity index (χ3n) is 3.83. The van der Waals surface area contributed by atoms with Crippen molar-refractivity contribution in [3.63, 3.8) is 0 Å². The zero-order valence-corrected chi connectivity index (χ0v) is 11.8. The molecule has 1 aliphatic carbocycles. The van der Waals surface area contributed by atoms with Crippen molar-refractivity contribution in [3.8, 4) is 0 Å². The molecule has 4 nitrogen and oxygen atoms in total. The van der Waals surface area contributed by atoms with Crippen molar-refractivity contribution >= 4 is 11.7 Å². The van der Waals surface area contributed by atoms with Crippen LogP contribution >= 0.6 is 0 Å². The van der Waals surface area contributed by atoms with Crippen LogP contribution in [0.5, 0.6) is 0 Å². The minimum absolute atomic E-state index is 0.0608. The summed E-state index contributed by atoms with van der Waals surface area (Å²) in [7, 11) is 0. The van der Waals surface area contributed by atoms with Crippen LogP contribution in [0.2, 0.25) is 0 Å². The van der Waals surface area contributed by atoms with Crippen LogP contribution in [0, 0.1) is 26.2 Å². The summed E-state index contributed by atoms with van der Waals surface area (Å²) in [6.45, 7) is 6.72. The van der Waals surface area contributed by atoms with Gasteiger partial charge in [0.2, 0.25) is 0 Å². The van der Waals surface area contributed by atoms with Gasteiger partial charge in [-0.1, -0.05) is 17.7 Å². The molecule has 1 fully saturated rings. The van der Waals surface area contributed by atoms with E-state index in [-0.39, 0.29) is 18.1 Å². The van der Waals surface area contributed by atoms with Crippen molar-refractivity contribution in [3.05, 3.63) is 28.8 Å². The van der Waals surface area contributed by atoms with Gasteiger partial charge in [0.05, 0.1) is 6.61 Å². The zero-order valence-electron chi connectivity index (χ0n) is 11.8. The normalized spacial score (nSPS) is 16.0. The summed E-state index contributed by atoms with van der Waals surface area (Å²) >= 11 is 0. The number of hydrogen-bond acceptors (Lipinski definition) is 2. The molecule has 1 saturated carbocycles. The number of aryl methyl sites for hydroxylation is 3. The molecule has 1 aromatic carbocycles. The van der Waals surface area contributed by atoms with Gasteiger partial charge in [-0.15, -0.1) is 0 Å². The van der Waals surface area contributed by atoms with Crippen LogP contribution in [0.15, 0.2) is 12.1 Å². The molecule has 0 aliphatic heterocycles. The highest BCUT2D eigenvalue weighted by Crippen LogP contribution is 2.44. The van der Waals surface area contributed by atoms with E-state index in [1.54, 1.807) is 0 Å². The Morgan fingerprint density at radius 2 is 1.84 bits per heavy atom. The first-order valence-electron chi connectivity index (χ1n) is 6.69. The number of carbonyl (C=O) groups excluding carboxylic acids is 1. The van der Waals surface area contributed by atoms with E-state index >= 15 is 0 Å². The Morgan fingerprint density at radius 3 is 2.32 bits per heavy atom. The Labute approximate surface area is 114 Å². The maximum Gasteiger partial charge on any atom is 0.319 e. The number of benzene rings is 1. The SMILES string of the molecule is Cc1cc(C)c(NC(=O)NCC2(CO)CC2)c(C)c1. The summed E-state index contributed by atoms with van der Waals surface area (Å²) in [5.41, 5.74) is 4.14. The Balaban J connectivity index is 1.95. The van der Waals surface area contributed by atoms with Gasteiger partial charge in [-0.2, -0.15) is 0 Å². The molecule has 104 valence electrons. The number of urea groups is 1. The Bertz CT molecular complexity index is 470. The van der Waals surface area contributed by atoms with Crippen LogP contribution in [-0.2, 0) is 0 Å². The molecule has 0 bridgehead atoms. The number of anilines is 1. The summed E-state index contributed by atoms with van der Waals surface area (Å²) in [6, 6.07) is 3.91. The molecule has 2 amide bonds. The summed E-state index contributed by atoms with van der Waals surface area (Å²) in [5.74, 6) is 0. The summed E-state index contributed by atoms with van der Waals surface area (Å²) < 4.78 is 0. The zero-order chi connectivity index (χ0) is 14.0. The van der Waals surface area contributed by atoms with Crippen molar-refractivity contribution in [2.24, 2.45) is 5.41 Å². The Morgan fingerprint density at radius 1 is 1.26 bits per heavy atom. The van der Waals surface area contributed by atoms with E-state index in [2.05, 4.69) is 22.8 Å². The lowest BCUT2D eigenvalue weighted by Crippen LogP contribution is -2.35. The van der Waals surface area contributed by atoms with Gasteiger partial charge in [-0.05, 0) is 44.7 Å². The predicted octanol–water partition coefficient (Wildman–Crippen LogP) is 2.51. The van der Waals surface area contributed by atoms with Crippen molar-refractivity contribution in [2.45, 2.75) is 33.6 Å². The van der Waals surface area contributed by atoms with Crippen LogP contribution in [0.4, 0.5) is 10.5 Å². The molecule has 4 heteroatoms. The lowest BCUT2D eigenvalue weighted by molar-refractivity contribution is 0.206. The highest BCUT2D eigenvalue weighted by molar-refractivity contribution is 5.91. The highest BCUT2D eigenvalue weighted by atomic mass is 16.3. The van der Waals surface area contributed by atoms with Gasteiger partial charge >= 0.3 is 6.03 Å². The van der Waals surface area contributed by atoms with Crippen LogP contribution in [0.25, 0.3) is 0 Å². The van der Waals surface area contributed by atoms with Gasteiger partial charge in [0.25, 0.3) is 0 Å². The summed E-state index contributed by atoms with van der Waals surface area (Å²) in [5, 5.41) is 14.9. The third-order valence-corrected chi connectivity index (χ3v) is 3.83. The van der Waals surface area contributed by atoms with Crippen LogP contribution in [0.1, 0.15) is 29.5 Å². The quantitative estimate of drug-likeness (QED) is 0.780. The standard InChI is InChI=1S/C15H22N2O2/c1-10-6-11(2)13(12(3)7-10)17-14(19)16-8-15(9-18)4-5-15/h6-7,18H,4-5,8-9H2,1-3H3,(H2,16,17,19). The molecular weight excluding hydrogens is 240 g/mol. The molecule has 0 spiro atoms.